The fourth-order valence-electron chi connectivity index (χ4n) is 2.71. The number of carbonyl (C=O) groups is 1. The summed E-state index contributed by atoms with van der Waals surface area (Å²) in [7, 11) is 4.06. The molecule has 0 saturated carbocycles. The Hall–Kier alpha value is -1.54. The Bertz CT molecular complexity index is 477. The van der Waals surface area contributed by atoms with E-state index in [9.17, 15) is 9.90 Å². The highest BCUT2D eigenvalue weighted by molar-refractivity contribution is 5.93. The van der Waals surface area contributed by atoms with Crippen LogP contribution in [0.2, 0.25) is 0 Å². The summed E-state index contributed by atoms with van der Waals surface area (Å²) in [4.78, 5) is 20.0. The lowest BCUT2D eigenvalue weighted by molar-refractivity contribution is 0.0953. The van der Waals surface area contributed by atoms with E-state index in [-0.39, 0.29) is 12.0 Å². The lowest BCUT2D eigenvalue weighted by atomic mass is 10.2. The van der Waals surface area contributed by atoms with Gasteiger partial charge in [0.1, 0.15) is 0 Å². The topological polar surface area (TPSA) is 94.7 Å². The minimum Gasteiger partial charge on any atom is -0.392 e. The number of aliphatic hydroxyl groups is 1. The number of likely N-dealkylation sites (tertiary alicyclic amines) is 1. The van der Waals surface area contributed by atoms with E-state index in [4.69, 9.17) is 5.84 Å². The van der Waals surface area contributed by atoms with E-state index in [0.29, 0.717) is 24.7 Å². The van der Waals surface area contributed by atoms with Crippen molar-refractivity contribution in [1.82, 2.24) is 20.2 Å². The number of nitrogens with zero attached hydrogens (tertiary/aromatic N) is 3. The molecule has 1 aromatic heterocycles. The van der Waals surface area contributed by atoms with Gasteiger partial charge < -0.3 is 10.0 Å². The largest absolute Gasteiger partial charge is 0.392 e. The van der Waals surface area contributed by atoms with Crippen molar-refractivity contribution in [1.29, 1.82) is 0 Å². The number of likely N-dealkylation sites (N-methyl/N-ethyl adjacent to an activating group) is 1. The molecule has 4 N–H and O–H groups in total. The van der Waals surface area contributed by atoms with E-state index in [0.717, 1.165) is 18.7 Å². The van der Waals surface area contributed by atoms with E-state index in [1.165, 1.54) is 6.20 Å². The van der Waals surface area contributed by atoms with Crippen LogP contribution in [0.15, 0.2) is 18.3 Å². The van der Waals surface area contributed by atoms with Crippen LogP contribution in [0, 0.1) is 0 Å². The molecule has 7 heteroatoms. The molecule has 2 unspecified atom stereocenters. The van der Waals surface area contributed by atoms with Crippen molar-refractivity contribution in [2.45, 2.75) is 25.1 Å². The van der Waals surface area contributed by atoms with E-state index < -0.39 is 0 Å². The Balaban J connectivity index is 2.01. The highest BCUT2D eigenvalue weighted by Gasteiger charge is 2.31. The molecule has 2 heterocycles. The molecule has 1 aliphatic rings. The predicted octanol–water partition coefficient (Wildman–Crippen LogP) is -0.818. The summed E-state index contributed by atoms with van der Waals surface area (Å²) in [6.45, 7) is 2.23. The zero-order chi connectivity index (χ0) is 15.4. The van der Waals surface area contributed by atoms with Crippen molar-refractivity contribution in [3.8, 4) is 0 Å². The van der Waals surface area contributed by atoms with Gasteiger partial charge in [-0.1, -0.05) is 0 Å². The van der Waals surface area contributed by atoms with Crippen molar-refractivity contribution in [3.05, 3.63) is 29.6 Å². The summed E-state index contributed by atoms with van der Waals surface area (Å²) >= 11 is 0. The van der Waals surface area contributed by atoms with E-state index in [1.807, 2.05) is 20.2 Å². The number of amides is 1. The molecule has 0 bridgehead atoms. The van der Waals surface area contributed by atoms with Crippen molar-refractivity contribution in [2.24, 2.45) is 5.84 Å². The number of carbonyl (C=O) groups excluding carboxylic acids is 1. The van der Waals surface area contributed by atoms with Crippen LogP contribution < -0.4 is 11.3 Å². The summed E-state index contributed by atoms with van der Waals surface area (Å²) in [6.07, 6.45) is 2.02. The van der Waals surface area contributed by atoms with E-state index in [2.05, 4.69) is 20.2 Å². The average Bonchev–Trinajstić information content (AvgIpc) is 2.77. The van der Waals surface area contributed by atoms with Crippen LogP contribution in [-0.4, -0.2) is 65.1 Å². The van der Waals surface area contributed by atoms with Gasteiger partial charge in [0.05, 0.1) is 17.4 Å². The molecule has 1 amide bonds. The number of nitrogens with one attached hydrogen (secondary N) is 1. The van der Waals surface area contributed by atoms with Gasteiger partial charge in [-0.2, -0.15) is 0 Å². The van der Waals surface area contributed by atoms with Crippen LogP contribution in [0.4, 0.5) is 0 Å². The zero-order valence-corrected chi connectivity index (χ0v) is 12.5. The first-order chi connectivity index (χ1) is 9.99. The number of nitrogen functional groups attached to an aromatic ring is 1. The number of hydrogen-bond donors (Lipinski definition) is 3. The van der Waals surface area contributed by atoms with Gasteiger partial charge in [0.25, 0.3) is 5.91 Å². The first-order valence-electron chi connectivity index (χ1n) is 7.02. The van der Waals surface area contributed by atoms with E-state index >= 15 is 0 Å². The highest BCUT2D eigenvalue weighted by Crippen LogP contribution is 2.20. The van der Waals surface area contributed by atoms with Crippen LogP contribution >= 0.6 is 0 Å². The average molecular weight is 293 g/mol. The van der Waals surface area contributed by atoms with Crippen LogP contribution in [0.3, 0.4) is 0 Å². The van der Waals surface area contributed by atoms with Gasteiger partial charge in [-0.3, -0.25) is 20.1 Å². The van der Waals surface area contributed by atoms with Crippen LogP contribution in [0.25, 0.3) is 0 Å². The second-order valence-corrected chi connectivity index (χ2v) is 5.75. The van der Waals surface area contributed by atoms with Gasteiger partial charge in [-0.25, -0.2) is 5.84 Å². The molecule has 1 fully saturated rings. The van der Waals surface area contributed by atoms with Crippen LogP contribution in [-0.2, 0) is 6.54 Å². The number of aromatic nitrogens is 1. The van der Waals surface area contributed by atoms with Gasteiger partial charge in [-0.05, 0) is 32.6 Å². The number of hydrazine groups is 1. The second-order valence-electron chi connectivity index (χ2n) is 5.75. The van der Waals surface area contributed by atoms with Crippen molar-refractivity contribution in [3.63, 3.8) is 0 Å². The molecule has 7 nitrogen and oxygen atoms in total. The molecule has 2 rings (SSSR count). The first-order valence-corrected chi connectivity index (χ1v) is 7.02. The van der Waals surface area contributed by atoms with Gasteiger partial charge in [0, 0.05) is 31.9 Å². The number of β-amino-alcohol motifs (C(OH)–C–C–N with tert-alkyl or cyclic N) is 1. The lowest BCUT2D eigenvalue weighted by Gasteiger charge is -2.26. The number of rotatable bonds is 5. The summed E-state index contributed by atoms with van der Waals surface area (Å²) in [6, 6.07) is 3.85. The molecule has 0 spiro atoms. The normalized spacial score (nSPS) is 22.7. The monoisotopic (exact) mass is 293 g/mol. The Kier molecular flexibility index (Phi) is 5.24. The van der Waals surface area contributed by atoms with Gasteiger partial charge >= 0.3 is 0 Å². The molecule has 0 radical (unpaired) electrons. The Labute approximate surface area is 124 Å². The van der Waals surface area contributed by atoms with Gasteiger partial charge in [0.15, 0.2) is 0 Å². The predicted molar refractivity (Wildman–Crippen MR) is 79.3 cm³/mol. The Morgan fingerprint density at radius 2 is 2.33 bits per heavy atom. The quantitative estimate of drug-likeness (QED) is 0.373. The minimum atomic E-state index is -0.351. The first kappa shape index (κ1) is 15.8. The molecule has 116 valence electrons. The summed E-state index contributed by atoms with van der Waals surface area (Å²) in [5, 5.41) is 9.86. The molecule has 0 aromatic carbocycles. The number of aliphatic hydroxyl groups excluding tert-OH is 1. The van der Waals surface area contributed by atoms with Crippen molar-refractivity contribution >= 4 is 5.91 Å². The molecule has 21 heavy (non-hydrogen) atoms. The van der Waals surface area contributed by atoms with E-state index in [1.54, 1.807) is 6.07 Å². The van der Waals surface area contributed by atoms with Crippen LogP contribution in [0.1, 0.15) is 22.5 Å². The maximum Gasteiger partial charge on any atom is 0.266 e. The standard InChI is InChI=1S/C14H23N5O2/c1-18(2)8-12-5-13(20)9-19(12)7-11-4-3-10(6-16-11)14(21)17-15/h3-4,6,12-13,20H,5,7-9,15H2,1-2H3,(H,17,21). The molecule has 1 aromatic rings. The molecule has 1 saturated heterocycles. The highest BCUT2D eigenvalue weighted by atomic mass is 16.3. The van der Waals surface area contributed by atoms with Gasteiger partial charge in [0.2, 0.25) is 0 Å². The summed E-state index contributed by atoms with van der Waals surface area (Å²) < 4.78 is 0. The molecule has 1 aliphatic heterocycles. The lowest BCUT2D eigenvalue weighted by Crippen LogP contribution is -2.37. The van der Waals surface area contributed by atoms with Gasteiger partial charge in [-0.15, -0.1) is 0 Å². The van der Waals surface area contributed by atoms with Crippen molar-refractivity contribution in [2.75, 3.05) is 27.2 Å². The second kappa shape index (κ2) is 6.95. The molecule has 0 aliphatic carbocycles. The number of pyridine rings is 1. The maximum absolute atomic E-state index is 11.4. The third-order valence-electron chi connectivity index (χ3n) is 3.66. The molecular weight excluding hydrogens is 270 g/mol. The van der Waals surface area contributed by atoms with Crippen LogP contribution in [0.5, 0.6) is 0 Å². The summed E-state index contributed by atoms with van der Waals surface area (Å²) in [5.41, 5.74) is 3.39. The summed E-state index contributed by atoms with van der Waals surface area (Å²) in [5.74, 6) is 4.74. The van der Waals surface area contributed by atoms with Crippen molar-refractivity contribution < 1.29 is 9.90 Å². The minimum absolute atomic E-state index is 0.280. The fourth-order valence-corrected chi connectivity index (χ4v) is 2.71. The molecular formula is C14H23N5O2. The zero-order valence-electron chi connectivity index (χ0n) is 12.5. The third kappa shape index (κ3) is 4.21. The Morgan fingerprint density at radius 3 is 2.90 bits per heavy atom. The third-order valence-corrected chi connectivity index (χ3v) is 3.66. The Morgan fingerprint density at radius 1 is 1.57 bits per heavy atom. The smallest absolute Gasteiger partial charge is 0.266 e. The fraction of sp³-hybridized carbons (Fsp3) is 0.571. The number of hydrogen-bond acceptors (Lipinski definition) is 6. The number of nitrogens with two attached hydrogens (primary N) is 1. The maximum atomic E-state index is 11.4. The molecule has 2 atom stereocenters. The SMILES string of the molecule is CN(C)CC1CC(O)CN1Cc1ccc(C(=O)NN)cn1.